The molecule has 1 atom stereocenters. The second-order valence-corrected chi connectivity index (χ2v) is 8.36. The Morgan fingerprint density at radius 2 is 1.96 bits per heavy atom. The Balaban J connectivity index is 1.68. The third-order valence-corrected chi connectivity index (χ3v) is 6.03. The van der Waals surface area contributed by atoms with Crippen molar-refractivity contribution in [1.82, 2.24) is 5.32 Å². The van der Waals surface area contributed by atoms with Gasteiger partial charge in [-0.15, -0.1) is 0 Å². The van der Waals surface area contributed by atoms with Gasteiger partial charge in [-0.2, -0.15) is 0 Å². The standard InChI is InChI=1S/C23H30N2O2S/c1-4-27-22(26)12-6-5-9-15-24-23-18-10-7-8-11-20(18)25(3)28-21-16-17(2)13-14-19(21)23/h7-8,10-11,13-14,16,23-24H,4-6,9,12,15H2,1-3H3. The lowest BCUT2D eigenvalue weighted by Gasteiger charge is -2.22. The van der Waals surface area contributed by atoms with Crippen molar-refractivity contribution in [1.29, 1.82) is 0 Å². The molecule has 0 aliphatic carbocycles. The lowest BCUT2D eigenvalue weighted by Crippen LogP contribution is -2.24. The fourth-order valence-electron chi connectivity index (χ4n) is 3.61. The highest BCUT2D eigenvalue weighted by molar-refractivity contribution is 8.00. The van der Waals surface area contributed by atoms with Gasteiger partial charge in [0, 0.05) is 18.4 Å². The number of hydrogen-bond acceptors (Lipinski definition) is 5. The van der Waals surface area contributed by atoms with E-state index in [1.54, 1.807) is 11.9 Å². The molecule has 4 nitrogen and oxygen atoms in total. The number of benzene rings is 2. The molecule has 0 bridgehead atoms. The van der Waals surface area contributed by atoms with Crippen LogP contribution in [0, 0.1) is 6.92 Å². The van der Waals surface area contributed by atoms with E-state index in [1.807, 2.05) is 6.92 Å². The number of unbranched alkanes of at least 4 members (excludes halogenated alkanes) is 2. The van der Waals surface area contributed by atoms with Crippen molar-refractivity contribution < 1.29 is 9.53 Å². The molecule has 1 heterocycles. The van der Waals surface area contributed by atoms with E-state index in [0.717, 1.165) is 25.8 Å². The fraction of sp³-hybridized carbons (Fsp3) is 0.435. The van der Waals surface area contributed by atoms with Gasteiger partial charge in [-0.05, 0) is 74.0 Å². The van der Waals surface area contributed by atoms with Crippen molar-refractivity contribution in [2.75, 3.05) is 24.5 Å². The molecule has 1 unspecified atom stereocenters. The molecular formula is C23H30N2O2S. The van der Waals surface area contributed by atoms with Crippen LogP contribution in [0.1, 0.15) is 55.3 Å². The van der Waals surface area contributed by atoms with Gasteiger partial charge < -0.3 is 14.4 Å². The van der Waals surface area contributed by atoms with Crippen LogP contribution < -0.4 is 9.62 Å². The molecule has 0 saturated carbocycles. The van der Waals surface area contributed by atoms with Crippen molar-refractivity contribution in [3.63, 3.8) is 0 Å². The summed E-state index contributed by atoms with van der Waals surface area (Å²) < 4.78 is 7.25. The maximum Gasteiger partial charge on any atom is 0.305 e. The lowest BCUT2D eigenvalue weighted by molar-refractivity contribution is -0.143. The van der Waals surface area contributed by atoms with Crippen LogP contribution >= 0.6 is 11.9 Å². The van der Waals surface area contributed by atoms with Crippen LogP contribution in [0.15, 0.2) is 47.4 Å². The van der Waals surface area contributed by atoms with Gasteiger partial charge in [-0.1, -0.05) is 36.8 Å². The van der Waals surface area contributed by atoms with Crippen LogP contribution in [0.2, 0.25) is 0 Å². The van der Waals surface area contributed by atoms with Gasteiger partial charge in [0.1, 0.15) is 0 Å². The van der Waals surface area contributed by atoms with E-state index in [9.17, 15) is 4.79 Å². The maximum absolute atomic E-state index is 11.4. The van der Waals surface area contributed by atoms with E-state index in [2.05, 4.69) is 66.1 Å². The Labute approximate surface area is 172 Å². The summed E-state index contributed by atoms with van der Waals surface area (Å²) in [6.07, 6.45) is 3.47. The van der Waals surface area contributed by atoms with E-state index >= 15 is 0 Å². The zero-order valence-electron chi connectivity index (χ0n) is 17.0. The Morgan fingerprint density at radius 3 is 2.79 bits per heavy atom. The predicted octanol–water partition coefficient (Wildman–Crippen LogP) is 5.25. The van der Waals surface area contributed by atoms with Crippen LogP contribution in [0.5, 0.6) is 0 Å². The van der Waals surface area contributed by atoms with Gasteiger partial charge in [0.05, 0.1) is 18.3 Å². The van der Waals surface area contributed by atoms with E-state index in [0.29, 0.717) is 13.0 Å². The number of aryl methyl sites for hydroxylation is 1. The van der Waals surface area contributed by atoms with Crippen LogP contribution in [0.4, 0.5) is 5.69 Å². The zero-order chi connectivity index (χ0) is 19.9. The largest absolute Gasteiger partial charge is 0.466 e. The first-order valence-electron chi connectivity index (χ1n) is 10.1. The van der Waals surface area contributed by atoms with Crippen LogP contribution in [0.3, 0.4) is 0 Å². The molecule has 0 aromatic heterocycles. The molecule has 2 aromatic carbocycles. The number of esters is 1. The first kappa shape index (κ1) is 20.7. The number of nitrogens with one attached hydrogen (secondary N) is 1. The molecule has 150 valence electrons. The van der Waals surface area contributed by atoms with Gasteiger partial charge in [-0.25, -0.2) is 0 Å². The Bertz CT molecular complexity index is 809. The number of hydrogen-bond donors (Lipinski definition) is 1. The zero-order valence-corrected chi connectivity index (χ0v) is 17.8. The van der Waals surface area contributed by atoms with Crippen LogP contribution in [-0.2, 0) is 9.53 Å². The number of ether oxygens (including phenoxy) is 1. The number of rotatable bonds is 8. The van der Waals surface area contributed by atoms with E-state index in [1.165, 1.54) is 27.3 Å². The van der Waals surface area contributed by atoms with E-state index < -0.39 is 0 Å². The van der Waals surface area contributed by atoms with Crippen LogP contribution in [0.25, 0.3) is 0 Å². The Kier molecular flexibility index (Phi) is 7.40. The van der Waals surface area contributed by atoms with Crippen molar-refractivity contribution in [3.05, 3.63) is 59.2 Å². The summed E-state index contributed by atoms with van der Waals surface area (Å²) in [5, 5.41) is 3.77. The predicted molar refractivity (Wildman–Crippen MR) is 117 cm³/mol. The molecule has 1 N–H and O–H groups in total. The Morgan fingerprint density at radius 1 is 1.14 bits per heavy atom. The summed E-state index contributed by atoms with van der Waals surface area (Å²) >= 11 is 1.79. The number of fused-ring (bicyclic) bond motifs is 2. The summed E-state index contributed by atoms with van der Waals surface area (Å²) in [6, 6.07) is 15.5. The minimum atomic E-state index is -0.0856. The summed E-state index contributed by atoms with van der Waals surface area (Å²) in [5.74, 6) is -0.0856. The summed E-state index contributed by atoms with van der Waals surface area (Å²) in [4.78, 5) is 12.8. The molecule has 0 fully saturated rings. The minimum Gasteiger partial charge on any atom is -0.466 e. The molecule has 3 rings (SSSR count). The third-order valence-electron chi connectivity index (χ3n) is 5.01. The SMILES string of the molecule is CCOC(=O)CCCCCNC1c2ccc(C)cc2SN(C)c2ccccc21. The summed E-state index contributed by atoms with van der Waals surface area (Å²) in [6.45, 7) is 5.38. The average Bonchev–Trinajstić information content (AvgIpc) is 2.79. The molecule has 0 saturated heterocycles. The fourth-order valence-corrected chi connectivity index (χ4v) is 4.70. The number of anilines is 1. The monoisotopic (exact) mass is 398 g/mol. The minimum absolute atomic E-state index is 0.0856. The van der Waals surface area contributed by atoms with E-state index in [-0.39, 0.29) is 12.0 Å². The average molecular weight is 399 g/mol. The summed E-state index contributed by atoms with van der Waals surface area (Å²) in [7, 11) is 2.13. The molecule has 0 amide bonds. The summed E-state index contributed by atoms with van der Waals surface area (Å²) in [5.41, 5.74) is 5.18. The van der Waals surface area contributed by atoms with Gasteiger partial charge in [0.15, 0.2) is 0 Å². The molecule has 5 heteroatoms. The highest BCUT2D eigenvalue weighted by Gasteiger charge is 2.26. The van der Waals surface area contributed by atoms with E-state index in [4.69, 9.17) is 4.74 Å². The molecule has 0 radical (unpaired) electrons. The Hall–Kier alpha value is -1.98. The molecule has 2 aromatic rings. The highest BCUT2D eigenvalue weighted by atomic mass is 32.2. The first-order valence-corrected chi connectivity index (χ1v) is 10.9. The smallest absolute Gasteiger partial charge is 0.305 e. The van der Waals surface area contributed by atoms with Gasteiger partial charge in [0.25, 0.3) is 0 Å². The molecule has 1 aliphatic rings. The van der Waals surface area contributed by atoms with Crippen molar-refractivity contribution in [3.8, 4) is 0 Å². The number of para-hydroxylation sites is 1. The van der Waals surface area contributed by atoms with Gasteiger partial charge in [-0.3, -0.25) is 4.79 Å². The third kappa shape index (κ3) is 5.09. The number of carbonyl (C=O) groups excluding carboxylic acids is 1. The molecular weight excluding hydrogens is 368 g/mol. The van der Waals surface area contributed by atoms with Crippen molar-refractivity contribution in [2.24, 2.45) is 0 Å². The number of nitrogens with zero attached hydrogens (tertiary/aromatic N) is 1. The highest BCUT2D eigenvalue weighted by Crippen LogP contribution is 2.43. The molecule has 1 aliphatic heterocycles. The van der Waals surface area contributed by atoms with Crippen molar-refractivity contribution in [2.45, 2.75) is 50.5 Å². The maximum atomic E-state index is 11.4. The normalized spacial score (nSPS) is 15.5. The second-order valence-electron chi connectivity index (χ2n) is 7.19. The van der Waals surface area contributed by atoms with Crippen molar-refractivity contribution >= 4 is 23.6 Å². The van der Waals surface area contributed by atoms with Gasteiger partial charge in [0.2, 0.25) is 0 Å². The topological polar surface area (TPSA) is 41.6 Å². The first-order chi connectivity index (χ1) is 13.6. The molecule has 28 heavy (non-hydrogen) atoms. The quantitative estimate of drug-likeness (QED) is 0.373. The molecule has 0 spiro atoms. The lowest BCUT2D eigenvalue weighted by atomic mass is 9.96. The van der Waals surface area contributed by atoms with Gasteiger partial charge >= 0.3 is 5.97 Å². The van der Waals surface area contributed by atoms with Crippen LogP contribution in [-0.4, -0.2) is 26.2 Å². The second kappa shape index (κ2) is 9.99. The number of carbonyl (C=O) groups is 1.